The van der Waals surface area contributed by atoms with Crippen LogP contribution in [0.2, 0.25) is 0 Å². The van der Waals surface area contributed by atoms with E-state index in [1.807, 2.05) is 30.3 Å². The lowest BCUT2D eigenvalue weighted by molar-refractivity contribution is -0.141. The van der Waals surface area contributed by atoms with Crippen LogP contribution >= 0.6 is 0 Å². The number of hydrogen-bond acceptors (Lipinski definition) is 3. The van der Waals surface area contributed by atoms with Gasteiger partial charge in [-0.05, 0) is 12.0 Å². The summed E-state index contributed by atoms with van der Waals surface area (Å²) in [5, 5.41) is 2.94. The molecule has 0 aliphatic carbocycles. The first kappa shape index (κ1) is 12.6. The molecule has 4 nitrogen and oxygen atoms in total. The van der Waals surface area contributed by atoms with E-state index in [9.17, 15) is 9.59 Å². The Hall–Kier alpha value is -1.84. The van der Waals surface area contributed by atoms with Crippen LogP contribution in [0.4, 0.5) is 0 Å². The first-order valence-electron chi connectivity index (χ1n) is 6.12. The molecule has 1 aromatic carbocycles. The first-order chi connectivity index (χ1) is 8.70. The van der Waals surface area contributed by atoms with E-state index in [1.165, 1.54) is 7.11 Å². The third-order valence-corrected chi connectivity index (χ3v) is 3.36. The van der Waals surface area contributed by atoms with Gasteiger partial charge in [-0.1, -0.05) is 30.3 Å². The van der Waals surface area contributed by atoms with Gasteiger partial charge in [0.05, 0.1) is 13.5 Å². The van der Waals surface area contributed by atoms with Gasteiger partial charge in [-0.3, -0.25) is 9.59 Å². The van der Waals surface area contributed by atoms with Crippen LogP contribution in [0.1, 0.15) is 30.7 Å². The summed E-state index contributed by atoms with van der Waals surface area (Å²) < 4.78 is 4.74. The van der Waals surface area contributed by atoms with Gasteiger partial charge < -0.3 is 10.1 Å². The second kappa shape index (κ2) is 5.67. The lowest BCUT2D eigenvalue weighted by atomic mass is 9.88. The highest BCUT2D eigenvalue weighted by molar-refractivity contribution is 5.79. The zero-order chi connectivity index (χ0) is 13.0. The van der Waals surface area contributed by atoms with Gasteiger partial charge in [-0.25, -0.2) is 0 Å². The van der Waals surface area contributed by atoms with Crippen LogP contribution in [0.5, 0.6) is 0 Å². The van der Waals surface area contributed by atoms with Crippen molar-refractivity contribution in [3.8, 4) is 0 Å². The maximum Gasteiger partial charge on any atom is 0.306 e. The minimum Gasteiger partial charge on any atom is -0.469 e. The molecule has 0 radical (unpaired) electrons. The van der Waals surface area contributed by atoms with Gasteiger partial charge in [-0.2, -0.15) is 0 Å². The fourth-order valence-electron chi connectivity index (χ4n) is 2.40. The minimum absolute atomic E-state index is 0.00917. The number of nitrogens with one attached hydrogen (secondary N) is 1. The number of rotatable bonds is 4. The number of benzene rings is 1. The summed E-state index contributed by atoms with van der Waals surface area (Å²) in [6.07, 6.45) is 1.61. The van der Waals surface area contributed by atoms with Crippen molar-refractivity contribution >= 4 is 11.9 Å². The van der Waals surface area contributed by atoms with E-state index in [0.717, 1.165) is 12.0 Å². The minimum atomic E-state index is -0.245. The zero-order valence-corrected chi connectivity index (χ0v) is 10.4. The summed E-state index contributed by atoms with van der Waals surface area (Å²) >= 11 is 0. The fraction of sp³-hybridized carbons (Fsp3) is 0.429. The largest absolute Gasteiger partial charge is 0.469 e. The van der Waals surface area contributed by atoms with Crippen molar-refractivity contribution in [2.24, 2.45) is 0 Å². The second-order valence-electron chi connectivity index (χ2n) is 4.51. The predicted molar refractivity (Wildman–Crippen MR) is 67.0 cm³/mol. The van der Waals surface area contributed by atoms with Crippen molar-refractivity contribution in [2.45, 2.75) is 31.2 Å². The molecule has 1 fully saturated rings. The highest BCUT2D eigenvalue weighted by Gasteiger charge is 2.31. The van der Waals surface area contributed by atoms with Crippen molar-refractivity contribution in [1.82, 2.24) is 5.32 Å². The molecule has 1 aliphatic heterocycles. The van der Waals surface area contributed by atoms with E-state index in [4.69, 9.17) is 4.74 Å². The zero-order valence-electron chi connectivity index (χ0n) is 10.4. The van der Waals surface area contributed by atoms with Crippen molar-refractivity contribution in [1.29, 1.82) is 0 Å². The van der Waals surface area contributed by atoms with E-state index in [1.54, 1.807) is 0 Å². The van der Waals surface area contributed by atoms with Gasteiger partial charge in [-0.15, -0.1) is 0 Å². The van der Waals surface area contributed by atoms with Gasteiger partial charge >= 0.3 is 5.97 Å². The molecule has 1 aromatic rings. The lowest BCUT2D eigenvalue weighted by Gasteiger charge is -2.22. The number of esters is 1. The number of carbonyl (C=O) groups excluding carboxylic acids is 2. The SMILES string of the molecule is COC(=O)CC(c1ccccc1)C1CCC(=O)N1. The Bertz CT molecular complexity index is 430. The molecular weight excluding hydrogens is 230 g/mol. The second-order valence-corrected chi connectivity index (χ2v) is 4.51. The molecule has 0 aromatic heterocycles. The fourth-order valence-corrected chi connectivity index (χ4v) is 2.40. The molecule has 18 heavy (non-hydrogen) atoms. The van der Waals surface area contributed by atoms with Crippen LogP contribution in [0.15, 0.2) is 30.3 Å². The molecule has 2 atom stereocenters. The molecule has 0 spiro atoms. The molecule has 1 saturated heterocycles. The van der Waals surface area contributed by atoms with Crippen LogP contribution in [-0.2, 0) is 14.3 Å². The molecule has 1 N–H and O–H groups in total. The van der Waals surface area contributed by atoms with Crippen LogP contribution < -0.4 is 5.32 Å². The van der Waals surface area contributed by atoms with Gasteiger partial charge in [0.1, 0.15) is 0 Å². The van der Waals surface area contributed by atoms with Gasteiger partial charge in [0, 0.05) is 18.4 Å². The molecule has 1 aliphatic rings. The van der Waals surface area contributed by atoms with Crippen molar-refractivity contribution < 1.29 is 14.3 Å². The maximum absolute atomic E-state index is 11.5. The summed E-state index contributed by atoms with van der Waals surface area (Å²) in [6.45, 7) is 0. The summed E-state index contributed by atoms with van der Waals surface area (Å²) in [4.78, 5) is 22.8. The van der Waals surface area contributed by atoms with E-state index in [-0.39, 0.29) is 23.8 Å². The predicted octanol–water partition coefficient (Wildman–Crippen LogP) is 1.61. The Balaban J connectivity index is 2.17. The van der Waals surface area contributed by atoms with Gasteiger partial charge in [0.15, 0.2) is 0 Å². The number of amides is 1. The average molecular weight is 247 g/mol. The molecular formula is C14H17NO3. The number of carbonyl (C=O) groups is 2. The molecule has 0 saturated carbocycles. The monoisotopic (exact) mass is 247 g/mol. The normalized spacial score (nSPS) is 20.3. The molecule has 1 amide bonds. The maximum atomic E-state index is 11.5. The van der Waals surface area contributed by atoms with E-state index < -0.39 is 0 Å². The van der Waals surface area contributed by atoms with Gasteiger partial charge in [0.2, 0.25) is 5.91 Å². The molecule has 1 heterocycles. The van der Waals surface area contributed by atoms with Crippen molar-refractivity contribution in [3.05, 3.63) is 35.9 Å². The smallest absolute Gasteiger partial charge is 0.306 e. The van der Waals surface area contributed by atoms with Crippen LogP contribution in [-0.4, -0.2) is 25.0 Å². The first-order valence-corrected chi connectivity index (χ1v) is 6.12. The number of hydrogen-bond donors (Lipinski definition) is 1. The molecule has 0 bridgehead atoms. The van der Waals surface area contributed by atoms with Crippen molar-refractivity contribution in [2.75, 3.05) is 7.11 Å². The summed E-state index contributed by atoms with van der Waals surface area (Å²) in [6, 6.07) is 9.81. The highest BCUT2D eigenvalue weighted by Crippen LogP contribution is 2.29. The molecule has 2 rings (SSSR count). The Morgan fingerprint density at radius 1 is 1.44 bits per heavy atom. The van der Waals surface area contributed by atoms with Crippen LogP contribution in [0, 0.1) is 0 Å². The van der Waals surface area contributed by atoms with Crippen LogP contribution in [0.25, 0.3) is 0 Å². The Morgan fingerprint density at radius 3 is 2.72 bits per heavy atom. The summed E-state index contributed by atoms with van der Waals surface area (Å²) in [5.41, 5.74) is 1.06. The van der Waals surface area contributed by atoms with E-state index in [0.29, 0.717) is 12.8 Å². The Morgan fingerprint density at radius 2 is 2.17 bits per heavy atom. The highest BCUT2D eigenvalue weighted by atomic mass is 16.5. The standard InChI is InChI=1S/C14H17NO3/c1-18-14(17)9-11(10-5-3-2-4-6-10)12-7-8-13(16)15-12/h2-6,11-12H,7-9H2,1H3,(H,15,16). The topological polar surface area (TPSA) is 55.4 Å². The third-order valence-electron chi connectivity index (χ3n) is 3.36. The van der Waals surface area contributed by atoms with E-state index in [2.05, 4.69) is 5.32 Å². The quantitative estimate of drug-likeness (QED) is 0.822. The van der Waals surface area contributed by atoms with Gasteiger partial charge in [0.25, 0.3) is 0 Å². The third kappa shape index (κ3) is 2.88. The van der Waals surface area contributed by atoms with Crippen molar-refractivity contribution in [3.63, 3.8) is 0 Å². The number of ether oxygens (including phenoxy) is 1. The number of methoxy groups -OCH3 is 1. The Labute approximate surface area is 106 Å². The van der Waals surface area contributed by atoms with Crippen LogP contribution in [0.3, 0.4) is 0 Å². The summed E-state index contributed by atoms with van der Waals surface area (Å²) in [5.74, 6) is -0.194. The average Bonchev–Trinajstić information content (AvgIpc) is 2.83. The Kier molecular flexibility index (Phi) is 3.97. The summed E-state index contributed by atoms with van der Waals surface area (Å²) in [7, 11) is 1.39. The lowest BCUT2D eigenvalue weighted by Crippen LogP contribution is -2.32. The molecule has 96 valence electrons. The van der Waals surface area contributed by atoms with E-state index >= 15 is 0 Å². The molecule has 4 heteroatoms. The molecule has 2 unspecified atom stereocenters.